The van der Waals surface area contributed by atoms with E-state index in [4.69, 9.17) is 16.6 Å². The number of hydrogen-bond donors (Lipinski definition) is 0. The van der Waals surface area contributed by atoms with Gasteiger partial charge in [0.2, 0.25) is 0 Å². The van der Waals surface area contributed by atoms with E-state index in [9.17, 15) is 4.79 Å². The number of benzene rings is 1. The first-order valence-corrected chi connectivity index (χ1v) is 10.5. The number of anilines is 1. The Bertz CT molecular complexity index is 1080. The summed E-state index contributed by atoms with van der Waals surface area (Å²) >= 11 is 9.90. The lowest BCUT2D eigenvalue weighted by molar-refractivity contribution is 0.518. The molecule has 0 unspecified atom stereocenters. The zero-order valence-corrected chi connectivity index (χ0v) is 18.0. The molecule has 5 nitrogen and oxygen atoms in total. The number of imidazole rings is 1. The Labute approximate surface area is 171 Å². The molecule has 4 rings (SSSR count). The van der Waals surface area contributed by atoms with Crippen LogP contribution in [0.15, 0.2) is 33.5 Å². The van der Waals surface area contributed by atoms with Crippen molar-refractivity contribution in [3.8, 4) is 5.69 Å². The third kappa shape index (κ3) is 2.90. The minimum atomic E-state index is -0.0854. The molecule has 1 aromatic carbocycles. The van der Waals surface area contributed by atoms with Crippen LogP contribution in [-0.4, -0.2) is 26.7 Å². The molecule has 0 saturated heterocycles. The second-order valence-electron chi connectivity index (χ2n) is 6.98. The van der Waals surface area contributed by atoms with Gasteiger partial charge in [0.25, 0.3) is 0 Å². The van der Waals surface area contributed by atoms with Crippen LogP contribution in [0, 0.1) is 6.92 Å². The minimum Gasteiger partial charge on any atom is -0.365 e. The zero-order chi connectivity index (χ0) is 19.3. The lowest BCUT2D eigenvalue weighted by Gasteiger charge is -2.36. The number of nitrogens with zero attached hydrogens (tertiary/aromatic N) is 4. The van der Waals surface area contributed by atoms with Gasteiger partial charge in [-0.15, -0.1) is 0 Å². The predicted molar refractivity (Wildman–Crippen MR) is 114 cm³/mol. The molecule has 0 atom stereocenters. The van der Waals surface area contributed by atoms with Crippen molar-refractivity contribution in [3.05, 3.63) is 49.9 Å². The molecule has 7 heteroatoms. The maximum atomic E-state index is 13.3. The Hall–Kier alpha value is -1.79. The fourth-order valence-electron chi connectivity index (χ4n) is 4.10. The van der Waals surface area contributed by atoms with Crippen molar-refractivity contribution in [2.24, 2.45) is 0 Å². The van der Waals surface area contributed by atoms with Crippen molar-refractivity contribution in [2.75, 3.05) is 11.4 Å². The summed E-state index contributed by atoms with van der Waals surface area (Å²) in [4.78, 5) is 20.4. The first-order chi connectivity index (χ1) is 13.0. The molecule has 3 heterocycles. The largest absolute Gasteiger partial charge is 0.365 e. The van der Waals surface area contributed by atoms with Gasteiger partial charge in [0.15, 0.2) is 5.65 Å². The molecule has 1 aliphatic rings. The van der Waals surface area contributed by atoms with Crippen LogP contribution in [0.4, 0.5) is 5.69 Å². The molecule has 0 bridgehead atoms. The van der Waals surface area contributed by atoms with E-state index < -0.39 is 0 Å². The Balaban J connectivity index is 2.04. The van der Waals surface area contributed by atoms with E-state index in [1.807, 2.05) is 23.6 Å². The number of rotatable bonds is 4. The number of aromatic nitrogens is 3. The molecule has 0 amide bonds. The van der Waals surface area contributed by atoms with Crippen molar-refractivity contribution in [1.82, 2.24) is 14.1 Å². The second kappa shape index (κ2) is 6.99. The summed E-state index contributed by atoms with van der Waals surface area (Å²) < 4.78 is 4.37. The third-order valence-electron chi connectivity index (χ3n) is 5.39. The van der Waals surface area contributed by atoms with Gasteiger partial charge in [-0.3, -0.25) is 4.57 Å². The van der Waals surface area contributed by atoms with Gasteiger partial charge in [0.05, 0.1) is 16.4 Å². The molecule has 0 spiro atoms. The van der Waals surface area contributed by atoms with Crippen molar-refractivity contribution < 1.29 is 0 Å². The lowest BCUT2D eigenvalue weighted by Crippen LogP contribution is -2.41. The second-order valence-corrected chi connectivity index (χ2v) is 8.31. The summed E-state index contributed by atoms with van der Waals surface area (Å²) in [6, 6.07) is 8.11. The summed E-state index contributed by atoms with van der Waals surface area (Å²) in [5, 5.41) is 0.520. The van der Waals surface area contributed by atoms with E-state index in [0.29, 0.717) is 28.9 Å². The molecule has 0 saturated carbocycles. The average Bonchev–Trinajstić information content (AvgIpc) is 2.91. The van der Waals surface area contributed by atoms with E-state index in [1.165, 1.54) is 0 Å². The topological polar surface area (TPSA) is 43.1 Å². The molecule has 142 valence electrons. The van der Waals surface area contributed by atoms with Crippen LogP contribution < -0.4 is 10.6 Å². The number of pyridine rings is 1. The smallest absolute Gasteiger partial charge is 0.335 e. The molecule has 0 N–H and O–H groups in total. The first-order valence-electron chi connectivity index (χ1n) is 9.31. The first kappa shape index (κ1) is 18.6. The quantitative estimate of drug-likeness (QED) is 0.568. The Morgan fingerprint density at radius 1 is 1.19 bits per heavy atom. The average molecular weight is 450 g/mol. The van der Waals surface area contributed by atoms with E-state index in [2.05, 4.69) is 40.7 Å². The molecule has 0 aliphatic carbocycles. The van der Waals surface area contributed by atoms with Crippen LogP contribution in [0.1, 0.15) is 32.4 Å². The van der Waals surface area contributed by atoms with Gasteiger partial charge in [-0.2, -0.15) is 0 Å². The highest BCUT2D eigenvalue weighted by atomic mass is 79.9. The standard InChI is InChI=1S/C20H22BrClN4O/c1-4-14(5-2)24-8-9-25-18-17(24)10-12(3)23-19(18)26(20(25)27)16-7-6-13(21)11-15(16)22/h6-7,10-11,14H,4-5,8-9H2,1-3H3. The Kier molecular flexibility index (Phi) is 4.80. The van der Waals surface area contributed by atoms with Crippen molar-refractivity contribution >= 4 is 44.4 Å². The fraction of sp³-hybridized carbons (Fsp3) is 0.400. The van der Waals surface area contributed by atoms with E-state index in [-0.39, 0.29) is 5.69 Å². The highest BCUT2D eigenvalue weighted by Gasteiger charge is 2.29. The van der Waals surface area contributed by atoms with Gasteiger partial charge in [-0.1, -0.05) is 41.4 Å². The molecule has 1 aliphatic heterocycles. The van der Waals surface area contributed by atoms with Gasteiger partial charge in [-0.05, 0) is 44.0 Å². The molecular formula is C20H22BrClN4O. The molecule has 0 radical (unpaired) electrons. The van der Waals surface area contributed by atoms with E-state index >= 15 is 0 Å². The van der Waals surface area contributed by atoms with Gasteiger partial charge >= 0.3 is 5.69 Å². The lowest BCUT2D eigenvalue weighted by atomic mass is 10.1. The van der Waals surface area contributed by atoms with E-state index in [1.54, 1.807) is 10.6 Å². The van der Waals surface area contributed by atoms with Crippen LogP contribution >= 0.6 is 27.5 Å². The van der Waals surface area contributed by atoms with Gasteiger partial charge in [0, 0.05) is 29.3 Å². The van der Waals surface area contributed by atoms with Crippen LogP contribution in [0.25, 0.3) is 16.9 Å². The van der Waals surface area contributed by atoms with Crippen molar-refractivity contribution in [3.63, 3.8) is 0 Å². The Morgan fingerprint density at radius 2 is 1.93 bits per heavy atom. The van der Waals surface area contributed by atoms with Crippen LogP contribution in [0.5, 0.6) is 0 Å². The van der Waals surface area contributed by atoms with Crippen LogP contribution in [0.2, 0.25) is 5.02 Å². The molecule has 3 aromatic rings. The van der Waals surface area contributed by atoms with Crippen LogP contribution in [-0.2, 0) is 6.54 Å². The third-order valence-corrected chi connectivity index (χ3v) is 6.19. The Morgan fingerprint density at radius 3 is 2.59 bits per heavy atom. The van der Waals surface area contributed by atoms with Gasteiger partial charge in [-0.25, -0.2) is 14.3 Å². The SMILES string of the molecule is CCC(CC)N1CCn2c(=O)n(-c3ccc(Br)cc3Cl)c3nc(C)cc1c32. The zero-order valence-electron chi connectivity index (χ0n) is 15.7. The molecule has 27 heavy (non-hydrogen) atoms. The monoisotopic (exact) mass is 448 g/mol. The minimum absolute atomic E-state index is 0.0854. The predicted octanol–water partition coefficient (Wildman–Crippen LogP) is 4.92. The molecular weight excluding hydrogens is 428 g/mol. The molecule has 0 fully saturated rings. The highest BCUT2D eigenvalue weighted by Crippen LogP contribution is 2.34. The normalized spacial score (nSPS) is 13.8. The molecule has 2 aromatic heterocycles. The van der Waals surface area contributed by atoms with Gasteiger partial charge < -0.3 is 4.90 Å². The summed E-state index contributed by atoms with van der Waals surface area (Å²) in [6.45, 7) is 7.90. The number of hydrogen-bond acceptors (Lipinski definition) is 3. The van der Waals surface area contributed by atoms with Crippen molar-refractivity contribution in [2.45, 2.75) is 46.2 Å². The highest BCUT2D eigenvalue weighted by molar-refractivity contribution is 9.10. The van der Waals surface area contributed by atoms with Crippen molar-refractivity contribution in [1.29, 1.82) is 0 Å². The number of halogens is 2. The summed E-state index contributed by atoms with van der Waals surface area (Å²) in [7, 11) is 0. The summed E-state index contributed by atoms with van der Waals surface area (Å²) in [5.41, 5.74) is 4.15. The maximum Gasteiger partial charge on any atom is 0.335 e. The van der Waals surface area contributed by atoms with Gasteiger partial charge in [0.1, 0.15) is 5.52 Å². The van der Waals surface area contributed by atoms with Crippen LogP contribution in [0.3, 0.4) is 0 Å². The maximum absolute atomic E-state index is 13.3. The fourth-order valence-corrected chi connectivity index (χ4v) is 4.86. The van der Waals surface area contributed by atoms with E-state index in [0.717, 1.165) is 40.8 Å². The summed E-state index contributed by atoms with van der Waals surface area (Å²) in [5.74, 6) is 0. The summed E-state index contributed by atoms with van der Waals surface area (Å²) in [6.07, 6.45) is 2.14. The number of aryl methyl sites for hydroxylation is 1.